The van der Waals surface area contributed by atoms with Crippen LogP contribution in [0.3, 0.4) is 0 Å². The van der Waals surface area contributed by atoms with Crippen LogP contribution in [-0.2, 0) is 33.0 Å². The van der Waals surface area contributed by atoms with Crippen LogP contribution in [0.1, 0.15) is 42.2 Å². The number of benzene rings is 1. The monoisotopic (exact) mass is 421 g/mol. The number of hydrogen-bond acceptors (Lipinski definition) is 3. The Bertz CT molecular complexity index is 985. The van der Waals surface area contributed by atoms with Crippen molar-refractivity contribution in [2.24, 2.45) is 12.0 Å². The SMILES string of the molecule is CCNC(=NCc1nccn1CCc1ccccc1)NC(C)Cc1c(C)nn(C)c1C. The van der Waals surface area contributed by atoms with Crippen LogP contribution >= 0.6 is 0 Å². The van der Waals surface area contributed by atoms with E-state index in [-0.39, 0.29) is 6.04 Å². The Kier molecular flexibility index (Phi) is 7.87. The third-order valence-corrected chi connectivity index (χ3v) is 5.56. The molecule has 2 heterocycles. The number of guanidine groups is 1. The molecule has 0 bridgehead atoms. The number of nitrogens with one attached hydrogen (secondary N) is 2. The van der Waals surface area contributed by atoms with Crippen molar-refractivity contribution in [2.45, 2.75) is 59.7 Å². The van der Waals surface area contributed by atoms with Gasteiger partial charge in [0, 0.05) is 44.3 Å². The van der Waals surface area contributed by atoms with Crippen molar-refractivity contribution >= 4 is 5.96 Å². The Morgan fingerprint density at radius 1 is 1.19 bits per heavy atom. The van der Waals surface area contributed by atoms with Crippen molar-refractivity contribution in [3.05, 3.63) is 71.1 Å². The van der Waals surface area contributed by atoms with Gasteiger partial charge in [-0.25, -0.2) is 9.98 Å². The van der Waals surface area contributed by atoms with E-state index in [1.807, 2.05) is 30.2 Å². The standard InChI is InChI=1S/C24H35N7/c1-6-25-24(28-18(2)16-22-19(3)29-30(5)20(22)4)27-17-23-26-13-15-31(23)14-12-21-10-8-7-9-11-21/h7-11,13,15,18H,6,12,14,16-17H2,1-5H3,(H2,25,27,28). The molecule has 7 heteroatoms. The van der Waals surface area contributed by atoms with Gasteiger partial charge in [-0.15, -0.1) is 0 Å². The third kappa shape index (κ3) is 6.20. The van der Waals surface area contributed by atoms with Gasteiger partial charge in [-0.1, -0.05) is 30.3 Å². The molecular weight excluding hydrogens is 386 g/mol. The number of nitrogens with zero attached hydrogens (tertiary/aromatic N) is 5. The van der Waals surface area contributed by atoms with Crippen molar-refractivity contribution in [3.63, 3.8) is 0 Å². The van der Waals surface area contributed by atoms with Gasteiger partial charge in [-0.3, -0.25) is 4.68 Å². The Balaban J connectivity index is 1.61. The average molecular weight is 422 g/mol. The quantitative estimate of drug-likeness (QED) is 0.411. The van der Waals surface area contributed by atoms with E-state index in [9.17, 15) is 0 Å². The van der Waals surface area contributed by atoms with Crippen LogP contribution in [-0.4, -0.2) is 37.9 Å². The van der Waals surface area contributed by atoms with E-state index < -0.39 is 0 Å². The molecule has 1 atom stereocenters. The van der Waals surface area contributed by atoms with Crippen LogP contribution in [0.4, 0.5) is 0 Å². The van der Waals surface area contributed by atoms with E-state index in [1.54, 1.807) is 0 Å². The second-order valence-electron chi connectivity index (χ2n) is 7.99. The smallest absolute Gasteiger partial charge is 0.191 e. The van der Waals surface area contributed by atoms with Gasteiger partial charge in [0.1, 0.15) is 12.4 Å². The van der Waals surface area contributed by atoms with E-state index in [4.69, 9.17) is 4.99 Å². The fraction of sp³-hybridized carbons (Fsp3) is 0.458. The third-order valence-electron chi connectivity index (χ3n) is 5.56. The van der Waals surface area contributed by atoms with Crippen molar-refractivity contribution in [1.29, 1.82) is 0 Å². The van der Waals surface area contributed by atoms with E-state index in [1.165, 1.54) is 16.8 Å². The summed E-state index contributed by atoms with van der Waals surface area (Å²) in [7, 11) is 2.00. The summed E-state index contributed by atoms with van der Waals surface area (Å²) in [5.41, 5.74) is 4.94. The molecule has 0 fully saturated rings. The summed E-state index contributed by atoms with van der Waals surface area (Å²) in [5, 5.41) is 11.4. The second kappa shape index (κ2) is 10.8. The van der Waals surface area contributed by atoms with Gasteiger partial charge < -0.3 is 15.2 Å². The molecule has 0 radical (unpaired) electrons. The summed E-state index contributed by atoms with van der Waals surface area (Å²) in [5.74, 6) is 1.78. The van der Waals surface area contributed by atoms with E-state index >= 15 is 0 Å². The number of hydrogen-bond donors (Lipinski definition) is 2. The molecule has 1 aromatic carbocycles. The molecule has 3 rings (SSSR count). The first kappa shape index (κ1) is 22.6. The number of aryl methyl sites for hydroxylation is 4. The van der Waals surface area contributed by atoms with E-state index in [0.717, 1.165) is 43.4 Å². The van der Waals surface area contributed by atoms with Crippen LogP contribution < -0.4 is 10.6 Å². The molecule has 1 unspecified atom stereocenters. The van der Waals surface area contributed by atoms with E-state index in [2.05, 4.69) is 77.2 Å². The molecule has 0 saturated heterocycles. The predicted molar refractivity (Wildman–Crippen MR) is 126 cm³/mol. The maximum absolute atomic E-state index is 4.79. The zero-order valence-electron chi connectivity index (χ0n) is 19.4. The fourth-order valence-electron chi connectivity index (χ4n) is 3.76. The highest BCUT2D eigenvalue weighted by atomic mass is 15.3. The molecule has 2 N–H and O–H groups in total. The zero-order chi connectivity index (χ0) is 22.2. The molecule has 31 heavy (non-hydrogen) atoms. The molecule has 0 aliphatic heterocycles. The highest BCUT2D eigenvalue weighted by Crippen LogP contribution is 2.14. The molecule has 0 aliphatic carbocycles. The van der Waals surface area contributed by atoms with Crippen LogP contribution in [0.25, 0.3) is 0 Å². The van der Waals surface area contributed by atoms with Gasteiger partial charge in [0.15, 0.2) is 5.96 Å². The molecule has 0 aliphatic rings. The van der Waals surface area contributed by atoms with Gasteiger partial charge in [0.25, 0.3) is 0 Å². The van der Waals surface area contributed by atoms with Crippen molar-refractivity contribution in [2.75, 3.05) is 6.54 Å². The van der Waals surface area contributed by atoms with E-state index in [0.29, 0.717) is 6.54 Å². The Hall–Kier alpha value is -3.09. The lowest BCUT2D eigenvalue weighted by molar-refractivity contribution is 0.627. The maximum atomic E-state index is 4.79. The first-order chi connectivity index (χ1) is 15.0. The van der Waals surface area contributed by atoms with Gasteiger partial charge in [-0.2, -0.15) is 5.10 Å². The topological polar surface area (TPSA) is 72.1 Å². The molecule has 2 aromatic heterocycles. The first-order valence-electron chi connectivity index (χ1n) is 11.1. The molecule has 3 aromatic rings. The predicted octanol–water partition coefficient (Wildman–Crippen LogP) is 3.16. The zero-order valence-corrected chi connectivity index (χ0v) is 19.4. The number of imidazole rings is 1. The Morgan fingerprint density at radius 2 is 1.97 bits per heavy atom. The Labute approximate surface area is 185 Å². The highest BCUT2D eigenvalue weighted by Gasteiger charge is 2.14. The summed E-state index contributed by atoms with van der Waals surface area (Å²) >= 11 is 0. The lowest BCUT2D eigenvalue weighted by atomic mass is 10.1. The normalized spacial score (nSPS) is 12.7. The Morgan fingerprint density at radius 3 is 2.65 bits per heavy atom. The molecule has 0 saturated carbocycles. The van der Waals surface area contributed by atoms with Gasteiger partial charge in [-0.05, 0) is 51.7 Å². The first-order valence-corrected chi connectivity index (χ1v) is 11.1. The van der Waals surface area contributed by atoms with Gasteiger partial charge >= 0.3 is 0 Å². The summed E-state index contributed by atoms with van der Waals surface area (Å²) in [6, 6.07) is 10.8. The lowest BCUT2D eigenvalue weighted by Gasteiger charge is -2.18. The number of rotatable bonds is 9. The van der Waals surface area contributed by atoms with Gasteiger partial charge in [0.2, 0.25) is 0 Å². The molecule has 0 amide bonds. The molecule has 7 nitrogen and oxygen atoms in total. The highest BCUT2D eigenvalue weighted by molar-refractivity contribution is 5.80. The molecule has 0 spiro atoms. The summed E-state index contributed by atoms with van der Waals surface area (Å²) in [4.78, 5) is 9.32. The minimum Gasteiger partial charge on any atom is -0.357 e. The van der Waals surface area contributed by atoms with Crippen LogP contribution in [0, 0.1) is 13.8 Å². The fourth-order valence-corrected chi connectivity index (χ4v) is 3.76. The average Bonchev–Trinajstić information content (AvgIpc) is 3.30. The van der Waals surface area contributed by atoms with Crippen LogP contribution in [0.2, 0.25) is 0 Å². The van der Waals surface area contributed by atoms with Crippen LogP contribution in [0.15, 0.2) is 47.7 Å². The van der Waals surface area contributed by atoms with Crippen LogP contribution in [0.5, 0.6) is 0 Å². The maximum Gasteiger partial charge on any atom is 0.191 e. The summed E-state index contributed by atoms with van der Waals surface area (Å²) < 4.78 is 4.14. The number of aromatic nitrogens is 4. The minimum atomic E-state index is 0.234. The lowest BCUT2D eigenvalue weighted by Crippen LogP contribution is -2.43. The minimum absolute atomic E-state index is 0.234. The van der Waals surface area contributed by atoms with Crippen molar-refractivity contribution < 1.29 is 0 Å². The molecular formula is C24H35N7. The van der Waals surface area contributed by atoms with Crippen molar-refractivity contribution in [3.8, 4) is 0 Å². The summed E-state index contributed by atoms with van der Waals surface area (Å²) in [6.07, 6.45) is 5.77. The number of aliphatic imine (C=N–C) groups is 1. The second-order valence-corrected chi connectivity index (χ2v) is 7.99. The van der Waals surface area contributed by atoms with Gasteiger partial charge in [0.05, 0.1) is 5.69 Å². The molecule has 166 valence electrons. The van der Waals surface area contributed by atoms with Crippen molar-refractivity contribution in [1.82, 2.24) is 30.0 Å². The largest absolute Gasteiger partial charge is 0.357 e. The summed E-state index contributed by atoms with van der Waals surface area (Å²) in [6.45, 7) is 10.7.